The number of benzene rings is 1. The van der Waals surface area contributed by atoms with Crippen LogP contribution in [-0.4, -0.2) is 6.54 Å². The van der Waals surface area contributed by atoms with E-state index in [0.29, 0.717) is 0 Å². The Morgan fingerprint density at radius 3 is 1.95 bits per heavy atom. The van der Waals surface area contributed by atoms with Gasteiger partial charge < -0.3 is 5.32 Å². The monoisotopic (exact) mass is 273 g/mol. The minimum atomic E-state index is -4.27. The molecule has 0 bridgehead atoms. The molecule has 0 aromatic heterocycles. The van der Waals surface area contributed by atoms with Gasteiger partial charge in [-0.1, -0.05) is 39.8 Å². The third-order valence-electron chi connectivity index (χ3n) is 3.04. The zero-order valence-electron chi connectivity index (χ0n) is 11.9. The van der Waals surface area contributed by atoms with E-state index in [1.807, 2.05) is 0 Å². The van der Waals surface area contributed by atoms with Gasteiger partial charge in [0.2, 0.25) is 0 Å². The summed E-state index contributed by atoms with van der Waals surface area (Å²) in [5.74, 6) is 0. The summed E-state index contributed by atoms with van der Waals surface area (Å²) in [5, 5.41) is 3.40. The Morgan fingerprint density at radius 2 is 1.58 bits per heavy atom. The molecule has 0 saturated heterocycles. The van der Waals surface area contributed by atoms with E-state index in [0.717, 1.165) is 30.7 Å². The molecule has 1 aromatic rings. The molecule has 0 heterocycles. The molecule has 0 fully saturated rings. The molecule has 1 nitrogen and oxygen atoms in total. The quantitative estimate of drug-likeness (QED) is 0.831. The van der Waals surface area contributed by atoms with Crippen LogP contribution in [0.3, 0.4) is 0 Å². The Bertz CT molecular complexity index is 387. The van der Waals surface area contributed by atoms with Crippen molar-refractivity contribution in [3.05, 3.63) is 35.4 Å². The molecule has 1 aromatic carbocycles. The highest BCUT2D eigenvalue weighted by Gasteiger charge is 2.31. The number of halogens is 3. The van der Waals surface area contributed by atoms with Crippen LogP contribution in [0, 0.1) is 5.41 Å². The van der Waals surface area contributed by atoms with E-state index < -0.39 is 11.7 Å². The van der Waals surface area contributed by atoms with Gasteiger partial charge in [-0.15, -0.1) is 0 Å². The summed E-state index contributed by atoms with van der Waals surface area (Å²) in [6, 6.07) is 5.50. The minimum Gasteiger partial charge on any atom is -0.309 e. The molecule has 0 aliphatic carbocycles. The third kappa shape index (κ3) is 4.53. The molecule has 1 rings (SSSR count). The van der Waals surface area contributed by atoms with E-state index in [9.17, 15) is 13.2 Å². The third-order valence-corrected chi connectivity index (χ3v) is 3.04. The Labute approximate surface area is 113 Å². The lowest BCUT2D eigenvalue weighted by molar-refractivity contribution is -0.137. The Balaban J connectivity index is 2.98. The van der Waals surface area contributed by atoms with Crippen molar-refractivity contribution in [2.75, 3.05) is 6.54 Å². The molecule has 19 heavy (non-hydrogen) atoms. The highest BCUT2D eigenvalue weighted by molar-refractivity contribution is 5.27. The first-order valence-corrected chi connectivity index (χ1v) is 6.56. The second kappa shape index (κ2) is 5.95. The lowest BCUT2D eigenvalue weighted by atomic mass is 9.82. The summed E-state index contributed by atoms with van der Waals surface area (Å²) in [4.78, 5) is 0. The Morgan fingerprint density at radius 1 is 1.05 bits per heavy atom. The van der Waals surface area contributed by atoms with Crippen LogP contribution in [-0.2, 0) is 6.18 Å². The van der Waals surface area contributed by atoms with Gasteiger partial charge in [0.25, 0.3) is 0 Å². The average Bonchev–Trinajstić information content (AvgIpc) is 2.27. The van der Waals surface area contributed by atoms with E-state index in [2.05, 4.69) is 33.0 Å². The summed E-state index contributed by atoms with van der Waals surface area (Å²) in [5.41, 5.74) is 0.253. The number of rotatable bonds is 4. The number of hydrogen-bond acceptors (Lipinski definition) is 1. The van der Waals surface area contributed by atoms with Crippen LogP contribution in [0.5, 0.6) is 0 Å². The van der Waals surface area contributed by atoms with E-state index in [1.165, 1.54) is 0 Å². The average molecular weight is 273 g/mol. The van der Waals surface area contributed by atoms with Gasteiger partial charge in [-0.25, -0.2) is 0 Å². The zero-order chi connectivity index (χ0) is 14.7. The minimum absolute atomic E-state index is 0.0467. The Hall–Kier alpha value is -1.03. The molecular weight excluding hydrogens is 251 g/mol. The maximum absolute atomic E-state index is 12.5. The fourth-order valence-corrected chi connectivity index (χ4v) is 2.08. The highest BCUT2D eigenvalue weighted by Crippen LogP contribution is 2.35. The van der Waals surface area contributed by atoms with Gasteiger partial charge in [0.15, 0.2) is 0 Å². The maximum Gasteiger partial charge on any atom is 0.416 e. The summed E-state index contributed by atoms with van der Waals surface area (Å²) < 4.78 is 37.6. The molecule has 108 valence electrons. The fourth-order valence-electron chi connectivity index (χ4n) is 2.08. The predicted molar refractivity (Wildman–Crippen MR) is 71.9 cm³/mol. The largest absolute Gasteiger partial charge is 0.416 e. The molecule has 0 aliphatic rings. The number of hydrogen-bond donors (Lipinski definition) is 1. The normalized spacial score (nSPS) is 14.5. The summed E-state index contributed by atoms with van der Waals surface area (Å²) >= 11 is 0. The van der Waals surface area contributed by atoms with E-state index in [-0.39, 0.29) is 11.5 Å². The first kappa shape index (κ1) is 16.0. The molecule has 1 atom stereocenters. The lowest BCUT2D eigenvalue weighted by Crippen LogP contribution is -2.32. The van der Waals surface area contributed by atoms with Crippen molar-refractivity contribution in [2.24, 2.45) is 5.41 Å². The zero-order valence-corrected chi connectivity index (χ0v) is 11.9. The molecule has 1 N–H and O–H groups in total. The van der Waals surface area contributed by atoms with Gasteiger partial charge in [-0.05, 0) is 36.1 Å². The van der Waals surface area contributed by atoms with Crippen molar-refractivity contribution >= 4 is 0 Å². The molecule has 0 spiro atoms. The second-order valence-electron chi connectivity index (χ2n) is 5.87. The van der Waals surface area contributed by atoms with Crippen LogP contribution in [0.2, 0.25) is 0 Å². The molecule has 0 radical (unpaired) electrons. The van der Waals surface area contributed by atoms with Crippen LogP contribution < -0.4 is 5.32 Å². The summed E-state index contributed by atoms with van der Waals surface area (Å²) in [7, 11) is 0. The Kier molecular flexibility index (Phi) is 5.02. The van der Waals surface area contributed by atoms with E-state index in [1.54, 1.807) is 12.1 Å². The van der Waals surface area contributed by atoms with Crippen molar-refractivity contribution in [1.29, 1.82) is 0 Å². The fraction of sp³-hybridized carbons (Fsp3) is 0.600. The van der Waals surface area contributed by atoms with E-state index in [4.69, 9.17) is 0 Å². The first-order valence-electron chi connectivity index (χ1n) is 6.56. The van der Waals surface area contributed by atoms with Crippen molar-refractivity contribution in [2.45, 2.75) is 46.3 Å². The molecule has 1 unspecified atom stereocenters. The van der Waals surface area contributed by atoms with Crippen LogP contribution in [0.4, 0.5) is 13.2 Å². The summed E-state index contributed by atoms with van der Waals surface area (Å²) in [6.07, 6.45) is -3.28. The first-order chi connectivity index (χ1) is 8.66. The molecule has 4 heteroatoms. The van der Waals surface area contributed by atoms with Crippen molar-refractivity contribution < 1.29 is 13.2 Å². The maximum atomic E-state index is 12.5. The highest BCUT2D eigenvalue weighted by atomic mass is 19.4. The van der Waals surface area contributed by atoms with Crippen molar-refractivity contribution in [1.82, 2.24) is 5.32 Å². The van der Waals surface area contributed by atoms with E-state index >= 15 is 0 Å². The van der Waals surface area contributed by atoms with Crippen molar-refractivity contribution in [3.8, 4) is 0 Å². The van der Waals surface area contributed by atoms with Gasteiger partial charge in [-0.3, -0.25) is 0 Å². The van der Waals surface area contributed by atoms with Gasteiger partial charge >= 0.3 is 6.18 Å². The second-order valence-corrected chi connectivity index (χ2v) is 5.87. The van der Waals surface area contributed by atoms with Crippen LogP contribution >= 0.6 is 0 Å². The summed E-state index contributed by atoms with van der Waals surface area (Å²) in [6.45, 7) is 9.16. The van der Waals surface area contributed by atoms with Gasteiger partial charge in [0.1, 0.15) is 0 Å². The number of nitrogens with one attached hydrogen (secondary N) is 1. The van der Waals surface area contributed by atoms with Gasteiger partial charge in [0, 0.05) is 6.04 Å². The van der Waals surface area contributed by atoms with Crippen LogP contribution in [0.15, 0.2) is 24.3 Å². The van der Waals surface area contributed by atoms with Gasteiger partial charge in [-0.2, -0.15) is 13.2 Å². The smallest absolute Gasteiger partial charge is 0.309 e. The number of alkyl halides is 3. The topological polar surface area (TPSA) is 12.0 Å². The van der Waals surface area contributed by atoms with Crippen LogP contribution in [0.25, 0.3) is 0 Å². The predicted octanol–water partition coefficient (Wildman–Crippen LogP) is 4.79. The molecular formula is C15H22F3N. The van der Waals surface area contributed by atoms with Crippen LogP contribution in [0.1, 0.15) is 51.3 Å². The SMILES string of the molecule is CCCNC(c1ccc(C(F)(F)F)cc1)C(C)(C)C. The molecule has 0 amide bonds. The van der Waals surface area contributed by atoms with Gasteiger partial charge in [0.05, 0.1) is 5.56 Å². The molecule has 0 aliphatic heterocycles. The standard InChI is InChI=1S/C15H22F3N/c1-5-10-19-13(14(2,3)4)11-6-8-12(9-7-11)15(16,17)18/h6-9,13,19H,5,10H2,1-4H3. The van der Waals surface area contributed by atoms with Crippen molar-refractivity contribution in [3.63, 3.8) is 0 Å². The molecule has 0 saturated carbocycles. The lowest BCUT2D eigenvalue weighted by Gasteiger charge is -2.32.